The van der Waals surface area contributed by atoms with Gasteiger partial charge in [0, 0.05) is 19.2 Å². The average Bonchev–Trinajstić information content (AvgIpc) is 2.19. The molecule has 0 aromatic carbocycles. The lowest BCUT2D eigenvalue weighted by atomic mass is 10.0. The molecule has 0 aromatic rings. The number of hydrogen-bond acceptors (Lipinski definition) is 3. The van der Waals surface area contributed by atoms with Crippen molar-refractivity contribution in [2.24, 2.45) is 16.6 Å². The smallest absolute Gasteiger partial charge is 0.0995 e. The lowest BCUT2D eigenvalue weighted by Gasteiger charge is -2.29. The molecule has 78 valence electrons. The van der Waals surface area contributed by atoms with Gasteiger partial charge < -0.3 is 10.6 Å². The molecule has 3 nitrogen and oxygen atoms in total. The van der Waals surface area contributed by atoms with Crippen LogP contribution in [0.3, 0.4) is 0 Å². The Morgan fingerprint density at radius 3 is 2.86 bits per heavy atom. The second-order valence-corrected chi connectivity index (χ2v) is 4.29. The molecule has 2 rings (SSSR count). The van der Waals surface area contributed by atoms with Crippen LogP contribution in [0.2, 0.25) is 0 Å². The fourth-order valence-corrected chi connectivity index (χ4v) is 2.25. The van der Waals surface area contributed by atoms with Gasteiger partial charge in [-0.2, -0.15) is 0 Å². The lowest BCUT2D eigenvalue weighted by Crippen LogP contribution is -2.35. The number of amidine groups is 1. The zero-order chi connectivity index (χ0) is 9.80. The molecular formula is C11H19N3. The molecule has 0 bridgehead atoms. The van der Waals surface area contributed by atoms with E-state index in [1.54, 1.807) is 0 Å². The molecule has 1 saturated heterocycles. The minimum absolute atomic E-state index is 0.589. The third-order valence-electron chi connectivity index (χ3n) is 3.01. The second-order valence-electron chi connectivity index (χ2n) is 4.29. The van der Waals surface area contributed by atoms with E-state index in [2.05, 4.69) is 16.0 Å². The van der Waals surface area contributed by atoms with E-state index in [1.807, 2.05) is 6.20 Å². The molecule has 0 saturated carbocycles. The molecule has 14 heavy (non-hydrogen) atoms. The molecule has 3 heteroatoms. The van der Waals surface area contributed by atoms with Crippen LogP contribution in [0.1, 0.15) is 25.7 Å². The Morgan fingerprint density at radius 2 is 2.14 bits per heavy atom. The van der Waals surface area contributed by atoms with Crippen molar-refractivity contribution >= 4 is 5.84 Å². The zero-order valence-corrected chi connectivity index (χ0v) is 8.65. The summed E-state index contributed by atoms with van der Waals surface area (Å²) in [6.07, 6.45) is 9.10. The van der Waals surface area contributed by atoms with Gasteiger partial charge in [-0.1, -0.05) is 12.5 Å². The van der Waals surface area contributed by atoms with Gasteiger partial charge in [0.05, 0.1) is 5.84 Å². The molecule has 0 amide bonds. The summed E-state index contributed by atoms with van der Waals surface area (Å²) in [5.41, 5.74) is 5.71. The van der Waals surface area contributed by atoms with Crippen molar-refractivity contribution in [3.8, 4) is 0 Å². The SMILES string of the molecule is NC1=NC=CC(CN2CCCCC2)C1. The maximum Gasteiger partial charge on any atom is 0.0995 e. The summed E-state index contributed by atoms with van der Waals surface area (Å²) in [5, 5.41) is 0. The highest BCUT2D eigenvalue weighted by Gasteiger charge is 2.16. The van der Waals surface area contributed by atoms with Gasteiger partial charge in [-0.15, -0.1) is 0 Å². The minimum atomic E-state index is 0.589. The fourth-order valence-electron chi connectivity index (χ4n) is 2.25. The highest BCUT2D eigenvalue weighted by Crippen LogP contribution is 2.16. The molecule has 0 radical (unpaired) electrons. The van der Waals surface area contributed by atoms with Crippen LogP contribution in [0.25, 0.3) is 0 Å². The lowest BCUT2D eigenvalue weighted by molar-refractivity contribution is 0.210. The van der Waals surface area contributed by atoms with E-state index in [-0.39, 0.29) is 0 Å². The summed E-state index contributed by atoms with van der Waals surface area (Å²) in [6.45, 7) is 3.69. The van der Waals surface area contributed by atoms with Crippen LogP contribution < -0.4 is 5.73 Å². The maximum atomic E-state index is 5.71. The molecule has 0 aliphatic carbocycles. The zero-order valence-electron chi connectivity index (χ0n) is 8.65. The van der Waals surface area contributed by atoms with E-state index in [9.17, 15) is 0 Å². The highest BCUT2D eigenvalue weighted by atomic mass is 15.1. The Balaban J connectivity index is 1.80. The first-order chi connectivity index (χ1) is 6.84. The van der Waals surface area contributed by atoms with E-state index in [0.29, 0.717) is 5.92 Å². The Labute approximate surface area is 85.7 Å². The van der Waals surface area contributed by atoms with E-state index in [0.717, 1.165) is 18.8 Å². The van der Waals surface area contributed by atoms with Crippen LogP contribution in [0.4, 0.5) is 0 Å². The molecular weight excluding hydrogens is 174 g/mol. The van der Waals surface area contributed by atoms with Gasteiger partial charge >= 0.3 is 0 Å². The van der Waals surface area contributed by atoms with Crippen molar-refractivity contribution in [2.75, 3.05) is 19.6 Å². The first kappa shape index (κ1) is 9.71. The highest BCUT2D eigenvalue weighted by molar-refractivity contribution is 5.82. The first-order valence-electron chi connectivity index (χ1n) is 5.56. The summed E-state index contributed by atoms with van der Waals surface area (Å²) < 4.78 is 0. The maximum absolute atomic E-state index is 5.71. The van der Waals surface area contributed by atoms with E-state index in [4.69, 9.17) is 5.73 Å². The summed E-state index contributed by atoms with van der Waals surface area (Å²) in [6, 6.07) is 0. The molecule has 2 heterocycles. The van der Waals surface area contributed by atoms with Crippen LogP contribution >= 0.6 is 0 Å². The van der Waals surface area contributed by atoms with Gasteiger partial charge in [-0.25, -0.2) is 4.99 Å². The largest absolute Gasteiger partial charge is 0.387 e. The summed E-state index contributed by atoms with van der Waals surface area (Å²) >= 11 is 0. The number of rotatable bonds is 2. The van der Waals surface area contributed by atoms with E-state index in [1.165, 1.54) is 32.4 Å². The normalized spacial score (nSPS) is 28.9. The quantitative estimate of drug-likeness (QED) is 0.719. The predicted octanol–water partition coefficient (Wildman–Crippen LogP) is 1.36. The molecule has 0 spiro atoms. The summed E-state index contributed by atoms with van der Waals surface area (Å²) in [5.74, 6) is 1.38. The molecule has 1 unspecified atom stereocenters. The van der Waals surface area contributed by atoms with Gasteiger partial charge in [-0.3, -0.25) is 0 Å². The third-order valence-corrected chi connectivity index (χ3v) is 3.01. The monoisotopic (exact) mass is 193 g/mol. The van der Waals surface area contributed by atoms with Crippen LogP contribution in [-0.4, -0.2) is 30.4 Å². The van der Waals surface area contributed by atoms with Crippen molar-refractivity contribution < 1.29 is 0 Å². The second kappa shape index (κ2) is 4.60. The van der Waals surface area contributed by atoms with Crippen LogP contribution in [0.5, 0.6) is 0 Å². The van der Waals surface area contributed by atoms with Crippen molar-refractivity contribution in [1.82, 2.24) is 4.90 Å². The van der Waals surface area contributed by atoms with Crippen molar-refractivity contribution in [1.29, 1.82) is 0 Å². The third kappa shape index (κ3) is 2.58. The molecule has 1 atom stereocenters. The topological polar surface area (TPSA) is 41.6 Å². The van der Waals surface area contributed by atoms with Crippen LogP contribution in [-0.2, 0) is 0 Å². The van der Waals surface area contributed by atoms with Gasteiger partial charge in [0.25, 0.3) is 0 Å². The van der Waals surface area contributed by atoms with Gasteiger partial charge in [0.15, 0.2) is 0 Å². The van der Waals surface area contributed by atoms with Gasteiger partial charge in [0.2, 0.25) is 0 Å². The molecule has 0 aromatic heterocycles. The molecule has 2 N–H and O–H groups in total. The van der Waals surface area contributed by atoms with E-state index < -0.39 is 0 Å². The van der Waals surface area contributed by atoms with Crippen molar-refractivity contribution in [3.05, 3.63) is 12.3 Å². The van der Waals surface area contributed by atoms with Gasteiger partial charge in [-0.05, 0) is 31.8 Å². The van der Waals surface area contributed by atoms with Crippen molar-refractivity contribution in [2.45, 2.75) is 25.7 Å². The fraction of sp³-hybridized carbons (Fsp3) is 0.727. The Bertz CT molecular complexity index is 239. The number of aliphatic imine (C=N–C) groups is 1. The molecule has 2 aliphatic rings. The number of nitrogens with zero attached hydrogens (tertiary/aromatic N) is 2. The van der Waals surface area contributed by atoms with Gasteiger partial charge in [0.1, 0.15) is 0 Å². The van der Waals surface area contributed by atoms with E-state index >= 15 is 0 Å². The minimum Gasteiger partial charge on any atom is -0.387 e. The molecule has 2 aliphatic heterocycles. The summed E-state index contributed by atoms with van der Waals surface area (Å²) in [7, 11) is 0. The average molecular weight is 193 g/mol. The first-order valence-corrected chi connectivity index (χ1v) is 5.56. The number of hydrogen-bond donors (Lipinski definition) is 1. The van der Waals surface area contributed by atoms with Crippen molar-refractivity contribution in [3.63, 3.8) is 0 Å². The number of likely N-dealkylation sites (tertiary alicyclic amines) is 1. The van der Waals surface area contributed by atoms with Crippen LogP contribution in [0, 0.1) is 5.92 Å². The Hall–Kier alpha value is -0.830. The Kier molecular flexibility index (Phi) is 3.19. The Morgan fingerprint density at radius 1 is 1.36 bits per heavy atom. The van der Waals surface area contributed by atoms with Crippen LogP contribution in [0.15, 0.2) is 17.3 Å². The standard InChI is InChI=1S/C11H19N3/c12-11-8-10(4-5-13-11)9-14-6-2-1-3-7-14/h4-5,10H,1-3,6-9H2,(H2,12,13). The predicted molar refractivity (Wildman–Crippen MR) is 59.2 cm³/mol. The molecule has 1 fully saturated rings. The number of piperidine rings is 1. The summed E-state index contributed by atoms with van der Waals surface area (Å²) in [4.78, 5) is 6.62. The number of nitrogens with two attached hydrogens (primary N) is 1.